The van der Waals surface area contributed by atoms with Crippen molar-refractivity contribution in [3.8, 4) is 0 Å². The summed E-state index contributed by atoms with van der Waals surface area (Å²) < 4.78 is 0. The highest BCUT2D eigenvalue weighted by Gasteiger charge is 1.82. The number of rotatable bonds is 0. The summed E-state index contributed by atoms with van der Waals surface area (Å²) in [5.74, 6) is 0. The molecule has 14 heavy (non-hydrogen) atoms. The Labute approximate surface area is 87.7 Å². The molecule has 1 aliphatic carbocycles. The van der Waals surface area contributed by atoms with Crippen molar-refractivity contribution in [1.82, 2.24) is 0 Å². The Morgan fingerprint density at radius 2 is 1.71 bits per heavy atom. The van der Waals surface area contributed by atoms with Crippen LogP contribution in [0.15, 0.2) is 42.5 Å². The molecule has 0 nitrogen and oxygen atoms in total. The van der Waals surface area contributed by atoms with Gasteiger partial charge in [-0.05, 0) is 44.6 Å². The first-order chi connectivity index (χ1) is 7.00. The van der Waals surface area contributed by atoms with E-state index in [0.717, 1.165) is 19.3 Å². The van der Waals surface area contributed by atoms with Crippen LogP contribution in [-0.2, 0) is 0 Å². The molecule has 0 unspecified atom stereocenters. The fourth-order valence-corrected chi connectivity index (χ4v) is 1.33. The average molecular weight is 187 g/mol. The molecule has 0 aliphatic heterocycles. The van der Waals surface area contributed by atoms with Gasteiger partial charge in [-0.25, -0.2) is 0 Å². The molecule has 0 heteroatoms. The monoisotopic (exact) mass is 187 g/mol. The lowest BCUT2D eigenvalue weighted by Gasteiger charge is -1.91. The molecule has 0 atom stereocenters. The van der Waals surface area contributed by atoms with Crippen molar-refractivity contribution in [3.63, 3.8) is 0 Å². The lowest BCUT2D eigenvalue weighted by atomic mass is 10.2. The first-order valence-corrected chi connectivity index (χ1v) is 5.52. The molecule has 0 amide bonds. The zero-order chi connectivity index (χ0) is 9.90. The van der Waals surface area contributed by atoms with Crippen molar-refractivity contribution in [2.75, 3.05) is 0 Å². The zero-order valence-electron chi connectivity index (χ0n) is 8.78. The van der Waals surface area contributed by atoms with E-state index < -0.39 is 0 Å². The lowest BCUT2D eigenvalue weighted by molar-refractivity contribution is 0.856. The molecule has 1 aliphatic rings. The van der Waals surface area contributed by atoms with E-state index in [2.05, 4.69) is 48.6 Å². The lowest BCUT2D eigenvalue weighted by Crippen LogP contribution is -1.72. The molecule has 0 fully saturated rings. The van der Waals surface area contributed by atoms with Gasteiger partial charge in [0.1, 0.15) is 0 Å². The molecule has 0 N–H and O–H groups in total. The summed E-state index contributed by atoms with van der Waals surface area (Å²) in [6.45, 7) is 0. The van der Waals surface area contributed by atoms with Crippen LogP contribution in [0.3, 0.4) is 0 Å². The maximum absolute atomic E-state index is 3.31. The molecular formula is C14H19. The highest BCUT2D eigenvalue weighted by molar-refractivity contribution is 5.05. The van der Waals surface area contributed by atoms with E-state index in [9.17, 15) is 0 Å². The molecular weight excluding hydrogens is 168 g/mol. The van der Waals surface area contributed by atoms with Gasteiger partial charge in [0.2, 0.25) is 0 Å². The first kappa shape index (κ1) is 11.0. The van der Waals surface area contributed by atoms with Crippen LogP contribution < -0.4 is 0 Å². The van der Waals surface area contributed by atoms with Crippen LogP contribution >= 0.6 is 0 Å². The zero-order valence-corrected chi connectivity index (χ0v) is 8.78. The summed E-state index contributed by atoms with van der Waals surface area (Å²) in [7, 11) is 0. The normalized spacial score (nSPS) is 28.6. The van der Waals surface area contributed by atoms with Gasteiger partial charge in [0.25, 0.3) is 0 Å². The van der Waals surface area contributed by atoms with E-state index in [1.54, 1.807) is 0 Å². The quantitative estimate of drug-likeness (QED) is 0.494. The Morgan fingerprint density at radius 3 is 2.71 bits per heavy atom. The van der Waals surface area contributed by atoms with Crippen molar-refractivity contribution in [2.24, 2.45) is 0 Å². The largest absolute Gasteiger partial charge is 0.0882 e. The highest BCUT2D eigenvalue weighted by atomic mass is 13.9. The Balaban J connectivity index is 2.35. The van der Waals surface area contributed by atoms with Crippen LogP contribution in [0.2, 0.25) is 0 Å². The van der Waals surface area contributed by atoms with Crippen LogP contribution in [0.25, 0.3) is 0 Å². The average Bonchev–Trinajstić information content (AvgIpc) is 2.22. The summed E-state index contributed by atoms with van der Waals surface area (Å²) in [4.78, 5) is 0. The number of hydrogen-bond acceptors (Lipinski definition) is 0. The smallest absolute Gasteiger partial charge is 0.0166 e. The Bertz CT molecular complexity index is 228. The summed E-state index contributed by atoms with van der Waals surface area (Å²) >= 11 is 0. The van der Waals surface area contributed by atoms with Crippen LogP contribution in [0, 0.1) is 6.08 Å². The maximum Gasteiger partial charge on any atom is -0.0166 e. The van der Waals surface area contributed by atoms with Gasteiger partial charge in [-0.3, -0.25) is 0 Å². The minimum absolute atomic E-state index is 1.06. The fourth-order valence-electron chi connectivity index (χ4n) is 1.33. The molecule has 0 bridgehead atoms. The second-order valence-electron chi connectivity index (χ2n) is 3.44. The van der Waals surface area contributed by atoms with Crippen LogP contribution in [0.4, 0.5) is 0 Å². The van der Waals surface area contributed by atoms with Crippen molar-refractivity contribution in [2.45, 2.75) is 38.5 Å². The molecule has 0 saturated carbocycles. The molecule has 0 saturated heterocycles. The third-order valence-electron chi connectivity index (χ3n) is 2.14. The molecule has 75 valence electrons. The van der Waals surface area contributed by atoms with E-state index in [1.807, 2.05) is 0 Å². The van der Waals surface area contributed by atoms with Crippen LogP contribution in [-0.4, -0.2) is 0 Å². The van der Waals surface area contributed by atoms with Gasteiger partial charge >= 0.3 is 0 Å². The SMILES string of the molecule is [C]1=C/CCC/C=C\C/C=C/C=C/CC/1. The molecule has 0 aromatic heterocycles. The van der Waals surface area contributed by atoms with E-state index in [-0.39, 0.29) is 0 Å². The fraction of sp³-hybridized carbons (Fsp3) is 0.429. The van der Waals surface area contributed by atoms with E-state index >= 15 is 0 Å². The minimum Gasteiger partial charge on any atom is -0.0882 e. The molecule has 1 radical (unpaired) electrons. The maximum atomic E-state index is 3.31. The predicted molar refractivity (Wildman–Crippen MR) is 62.9 cm³/mol. The number of hydrogen-bond donors (Lipinski definition) is 0. The topological polar surface area (TPSA) is 0 Å². The number of allylic oxidation sites excluding steroid dienone is 8. The summed E-state index contributed by atoms with van der Waals surface area (Å²) in [6, 6.07) is 0. The van der Waals surface area contributed by atoms with Crippen LogP contribution in [0.1, 0.15) is 38.5 Å². The summed E-state index contributed by atoms with van der Waals surface area (Å²) in [5.41, 5.74) is 0. The van der Waals surface area contributed by atoms with Gasteiger partial charge in [0, 0.05) is 0 Å². The third-order valence-corrected chi connectivity index (χ3v) is 2.14. The minimum atomic E-state index is 1.06. The standard InChI is InChI=1S/C14H19/c1-2-4-6-8-10-12-14-13-11-9-7-5-3-1/h1-4,7,9,12H,5-6,8,11,13-14H2/b3-1+,4-2+,9-7-,12-10?. The summed E-state index contributed by atoms with van der Waals surface area (Å²) in [6.07, 6.45) is 25.5. The molecule has 1 rings (SSSR count). The highest BCUT2D eigenvalue weighted by Crippen LogP contribution is 2.01. The van der Waals surface area contributed by atoms with E-state index in [1.165, 1.54) is 19.3 Å². The van der Waals surface area contributed by atoms with Gasteiger partial charge in [-0.1, -0.05) is 42.5 Å². The molecule has 0 spiro atoms. The third kappa shape index (κ3) is 6.47. The van der Waals surface area contributed by atoms with Gasteiger partial charge in [-0.2, -0.15) is 0 Å². The first-order valence-electron chi connectivity index (χ1n) is 5.52. The van der Waals surface area contributed by atoms with Crippen molar-refractivity contribution in [1.29, 1.82) is 0 Å². The van der Waals surface area contributed by atoms with Crippen molar-refractivity contribution < 1.29 is 0 Å². The Morgan fingerprint density at radius 1 is 0.786 bits per heavy atom. The van der Waals surface area contributed by atoms with E-state index in [4.69, 9.17) is 0 Å². The molecule has 0 heterocycles. The van der Waals surface area contributed by atoms with Crippen molar-refractivity contribution in [3.05, 3.63) is 48.6 Å². The predicted octanol–water partition coefficient (Wildman–Crippen LogP) is 4.37. The second-order valence-corrected chi connectivity index (χ2v) is 3.44. The van der Waals surface area contributed by atoms with Crippen molar-refractivity contribution >= 4 is 0 Å². The van der Waals surface area contributed by atoms with E-state index in [0.29, 0.717) is 0 Å². The van der Waals surface area contributed by atoms with Crippen LogP contribution in [0.5, 0.6) is 0 Å². The molecule has 0 aromatic carbocycles. The van der Waals surface area contributed by atoms with Gasteiger partial charge in [0.15, 0.2) is 0 Å². The van der Waals surface area contributed by atoms with Gasteiger partial charge in [0.05, 0.1) is 0 Å². The van der Waals surface area contributed by atoms with Gasteiger partial charge in [-0.15, -0.1) is 0 Å². The second kappa shape index (κ2) is 8.55. The summed E-state index contributed by atoms with van der Waals surface area (Å²) in [5, 5.41) is 0. The Hall–Kier alpha value is -1.04. The van der Waals surface area contributed by atoms with Gasteiger partial charge < -0.3 is 0 Å². The Kier molecular flexibility index (Phi) is 6.74. The molecule has 0 aromatic rings.